The summed E-state index contributed by atoms with van der Waals surface area (Å²) in [6, 6.07) is 0. The summed E-state index contributed by atoms with van der Waals surface area (Å²) in [5.41, 5.74) is 0.0336. The number of hydrogen-bond acceptors (Lipinski definition) is 2. The molecular weight excluding hydrogens is 176 g/mol. The molecule has 5 aliphatic rings. The van der Waals surface area contributed by atoms with Crippen LogP contribution in [-0.2, 0) is 9.53 Å². The molecule has 0 aromatic carbocycles. The van der Waals surface area contributed by atoms with Crippen molar-refractivity contribution >= 4 is 5.97 Å². The van der Waals surface area contributed by atoms with E-state index in [1.54, 1.807) is 0 Å². The predicted octanol–water partition coefficient (Wildman–Crippen LogP) is 2.13. The largest absolute Gasteiger partial charge is 0.459 e. The quantitative estimate of drug-likeness (QED) is 0.549. The zero-order valence-electron chi connectivity index (χ0n) is 8.37. The molecule has 3 atom stereocenters. The first-order valence-corrected chi connectivity index (χ1v) is 5.97. The van der Waals surface area contributed by atoms with Crippen LogP contribution >= 0.6 is 0 Å². The van der Waals surface area contributed by atoms with Crippen molar-refractivity contribution in [2.45, 2.75) is 44.1 Å². The van der Waals surface area contributed by atoms with Crippen LogP contribution in [0.2, 0.25) is 0 Å². The van der Waals surface area contributed by atoms with E-state index in [4.69, 9.17) is 4.74 Å². The lowest BCUT2D eigenvalue weighted by Crippen LogP contribution is -2.55. The Bertz CT molecular complexity index is 295. The number of carbonyl (C=O) groups excluding carboxylic acids is 1. The second-order valence-electron chi connectivity index (χ2n) is 5.96. The third-order valence-corrected chi connectivity index (χ3v) is 5.16. The molecule has 3 unspecified atom stereocenters. The zero-order chi connectivity index (χ0) is 9.34. The fourth-order valence-electron chi connectivity index (χ4n) is 5.03. The lowest BCUT2D eigenvalue weighted by Gasteiger charge is -2.57. The Balaban J connectivity index is 1.80. The third-order valence-electron chi connectivity index (χ3n) is 5.16. The van der Waals surface area contributed by atoms with Gasteiger partial charge in [0.25, 0.3) is 0 Å². The molecule has 5 rings (SSSR count). The maximum absolute atomic E-state index is 11.4. The first kappa shape index (κ1) is 7.72. The molecule has 4 saturated carbocycles. The zero-order valence-corrected chi connectivity index (χ0v) is 8.37. The average Bonchev–Trinajstić information content (AvgIpc) is 2.40. The fourth-order valence-corrected chi connectivity index (χ4v) is 5.03. The number of carbonyl (C=O) groups is 1. The van der Waals surface area contributed by atoms with Crippen LogP contribution in [0, 0.1) is 23.7 Å². The van der Waals surface area contributed by atoms with Crippen molar-refractivity contribution in [3.05, 3.63) is 0 Å². The van der Waals surface area contributed by atoms with Crippen LogP contribution in [-0.4, -0.2) is 11.6 Å². The van der Waals surface area contributed by atoms with Crippen LogP contribution in [0.3, 0.4) is 0 Å². The van der Waals surface area contributed by atoms with E-state index >= 15 is 0 Å². The lowest BCUT2D eigenvalue weighted by molar-refractivity contribution is -0.175. The highest BCUT2D eigenvalue weighted by atomic mass is 16.6. The van der Waals surface area contributed by atoms with Crippen LogP contribution in [0.1, 0.15) is 38.5 Å². The van der Waals surface area contributed by atoms with Crippen molar-refractivity contribution in [1.82, 2.24) is 0 Å². The van der Waals surface area contributed by atoms with E-state index in [9.17, 15) is 4.79 Å². The Kier molecular flexibility index (Phi) is 1.20. The van der Waals surface area contributed by atoms with E-state index in [1.807, 2.05) is 0 Å². The van der Waals surface area contributed by atoms with E-state index < -0.39 is 0 Å². The van der Waals surface area contributed by atoms with E-state index in [0.29, 0.717) is 5.92 Å². The molecule has 0 N–H and O–H groups in total. The smallest absolute Gasteiger partial charge is 0.306 e. The van der Waals surface area contributed by atoms with Gasteiger partial charge < -0.3 is 4.74 Å². The summed E-state index contributed by atoms with van der Waals surface area (Å²) in [6.45, 7) is 0. The first-order valence-electron chi connectivity index (χ1n) is 5.97. The van der Waals surface area contributed by atoms with Gasteiger partial charge in [0.15, 0.2) is 0 Å². The van der Waals surface area contributed by atoms with E-state index in [-0.39, 0.29) is 11.6 Å². The van der Waals surface area contributed by atoms with Gasteiger partial charge in [0.1, 0.15) is 5.60 Å². The summed E-state index contributed by atoms with van der Waals surface area (Å²) >= 11 is 0. The molecule has 76 valence electrons. The summed E-state index contributed by atoms with van der Waals surface area (Å²) in [5, 5.41) is 0. The van der Waals surface area contributed by atoms with Gasteiger partial charge in [-0.1, -0.05) is 0 Å². The highest BCUT2D eigenvalue weighted by Gasteiger charge is 2.62. The molecular formula is C12H16O2. The maximum Gasteiger partial charge on any atom is 0.306 e. The van der Waals surface area contributed by atoms with Crippen molar-refractivity contribution in [1.29, 1.82) is 0 Å². The van der Waals surface area contributed by atoms with E-state index in [1.165, 1.54) is 32.1 Å². The predicted molar refractivity (Wildman–Crippen MR) is 50.5 cm³/mol. The van der Waals surface area contributed by atoms with Gasteiger partial charge in [-0.25, -0.2) is 0 Å². The summed E-state index contributed by atoms with van der Waals surface area (Å²) < 4.78 is 5.69. The van der Waals surface area contributed by atoms with Crippen molar-refractivity contribution in [3.8, 4) is 0 Å². The average molecular weight is 192 g/mol. The number of rotatable bonds is 0. The van der Waals surface area contributed by atoms with Crippen LogP contribution in [0.15, 0.2) is 0 Å². The molecule has 0 aromatic heterocycles. The van der Waals surface area contributed by atoms with Gasteiger partial charge in [-0.3, -0.25) is 4.79 Å². The van der Waals surface area contributed by atoms with E-state index in [0.717, 1.165) is 24.2 Å². The molecule has 1 aliphatic heterocycles. The molecule has 1 saturated heterocycles. The van der Waals surface area contributed by atoms with Gasteiger partial charge in [0, 0.05) is 5.92 Å². The van der Waals surface area contributed by atoms with Crippen molar-refractivity contribution in [2.75, 3.05) is 0 Å². The summed E-state index contributed by atoms with van der Waals surface area (Å²) in [4.78, 5) is 11.4. The highest BCUT2D eigenvalue weighted by molar-refractivity contribution is 5.73. The minimum Gasteiger partial charge on any atom is -0.459 e. The standard InChI is InChI=1S/C12H16O2/c13-11-4-10-9-2-7-1-8(3-9)6-12(10,5-7)14-11/h7-10H,1-6H2. The molecule has 5 fully saturated rings. The van der Waals surface area contributed by atoms with Crippen molar-refractivity contribution in [3.63, 3.8) is 0 Å². The second-order valence-corrected chi connectivity index (χ2v) is 5.96. The summed E-state index contributed by atoms with van der Waals surface area (Å²) in [5.74, 6) is 3.28. The van der Waals surface area contributed by atoms with Gasteiger partial charge in [0.05, 0.1) is 6.42 Å². The van der Waals surface area contributed by atoms with Gasteiger partial charge in [-0.2, -0.15) is 0 Å². The number of ether oxygens (including phenoxy) is 1. The van der Waals surface area contributed by atoms with Gasteiger partial charge >= 0.3 is 5.97 Å². The monoisotopic (exact) mass is 192 g/mol. The summed E-state index contributed by atoms with van der Waals surface area (Å²) in [7, 11) is 0. The highest BCUT2D eigenvalue weighted by Crippen LogP contribution is 2.62. The molecule has 4 aliphatic carbocycles. The van der Waals surface area contributed by atoms with Crippen LogP contribution < -0.4 is 0 Å². The molecule has 0 amide bonds. The molecule has 4 bridgehead atoms. The Hall–Kier alpha value is -0.530. The lowest BCUT2D eigenvalue weighted by atomic mass is 9.50. The van der Waals surface area contributed by atoms with Crippen molar-refractivity contribution in [2.24, 2.45) is 23.7 Å². The fraction of sp³-hybridized carbons (Fsp3) is 0.917. The Morgan fingerprint density at radius 3 is 2.57 bits per heavy atom. The molecule has 0 radical (unpaired) electrons. The molecule has 2 heteroatoms. The molecule has 2 nitrogen and oxygen atoms in total. The number of esters is 1. The third kappa shape index (κ3) is 0.768. The Labute approximate surface area is 84.0 Å². The molecule has 1 spiro atoms. The Morgan fingerprint density at radius 2 is 1.86 bits per heavy atom. The van der Waals surface area contributed by atoms with Crippen LogP contribution in [0.4, 0.5) is 0 Å². The SMILES string of the molecule is O=C1CC2C3CC4CC(C3)CC2(C4)O1. The topological polar surface area (TPSA) is 26.3 Å². The molecule has 1 heterocycles. The van der Waals surface area contributed by atoms with Gasteiger partial charge in [-0.15, -0.1) is 0 Å². The van der Waals surface area contributed by atoms with Crippen molar-refractivity contribution < 1.29 is 9.53 Å². The van der Waals surface area contributed by atoms with Gasteiger partial charge in [0.2, 0.25) is 0 Å². The maximum atomic E-state index is 11.4. The normalized spacial score (nSPS) is 58.7. The van der Waals surface area contributed by atoms with Gasteiger partial charge in [-0.05, 0) is 49.9 Å². The van der Waals surface area contributed by atoms with E-state index in [2.05, 4.69) is 0 Å². The Morgan fingerprint density at radius 1 is 1.14 bits per heavy atom. The van der Waals surface area contributed by atoms with Crippen LogP contribution in [0.25, 0.3) is 0 Å². The number of hydrogen-bond donors (Lipinski definition) is 0. The second kappa shape index (κ2) is 2.17. The molecule has 14 heavy (non-hydrogen) atoms. The summed E-state index contributed by atoms with van der Waals surface area (Å²) in [6.07, 6.45) is 7.30. The van der Waals surface area contributed by atoms with Crippen LogP contribution in [0.5, 0.6) is 0 Å². The first-order chi connectivity index (χ1) is 6.75. The molecule has 0 aromatic rings. The minimum absolute atomic E-state index is 0.0336. The minimum atomic E-state index is 0.0336.